The Hall–Kier alpha value is -1.56. The Labute approximate surface area is 113 Å². The first kappa shape index (κ1) is 13.9. The fourth-order valence-electron chi connectivity index (χ4n) is 1.73. The van der Waals surface area contributed by atoms with Crippen LogP contribution in [0, 0.1) is 24.5 Å². The third kappa shape index (κ3) is 3.47. The minimum absolute atomic E-state index is 0.134. The lowest BCUT2D eigenvalue weighted by Crippen LogP contribution is -2.20. The lowest BCUT2D eigenvalue weighted by molar-refractivity contribution is 0.465. The molecule has 2 nitrogen and oxygen atoms in total. The van der Waals surface area contributed by atoms with E-state index in [9.17, 15) is 13.2 Å². The van der Waals surface area contributed by atoms with Crippen LogP contribution in [0.2, 0.25) is 0 Å². The number of aryl methyl sites for hydroxylation is 1. The average molecular weight is 286 g/mol. The highest BCUT2D eigenvalue weighted by atomic mass is 32.1. The highest BCUT2D eigenvalue weighted by Crippen LogP contribution is 2.19. The molecule has 1 atom stereocenters. The minimum Gasteiger partial charge on any atom is -0.365 e. The van der Waals surface area contributed by atoms with Gasteiger partial charge in [0.25, 0.3) is 5.95 Å². The summed E-state index contributed by atoms with van der Waals surface area (Å²) in [5.74, 6) is -3.75. The van der Waals surface area contributed by atoms with Gasteiger partial charge in [0.1, 0.15) is 0 Å². The highest BCUT2D eigenvalue weighted by molar-refractivity contribution is 7.11. The third-order valence-electron chi connectivity index (χ3n) is 2.57. The lowest BCUT2D eigenvalue weighted by atomic mass is 10.2. The molecule has 6 heteroatoms. The molecule has 0 aliphatic rings. The van der Waals surface area contributed by atoms with Gasteiger partial charge in [-0.3, -0.25) is 0 Å². The zero-order chi connectivity index (χ0) is 14.0. The Balaban J connectivity index is 2.06. The second-order valence-corrected chi connectivity index (χ2v) is 5.73. The maximum atomic E-state index is 13.4. The second kappa shape index (κ2) is 5.61. The molecule has 1 unspecified atom stereocenters. The van der Waals surface area contributed by atoms with Gasteiger partial charge in [-0.25, -0.2) is 8.78 Å². The molecule has 0 bridgehead atoms. The second-order valence-electron chi connectivity index (χ2n) is 4.35. The van der Waals surface area contributed by atoms with Gasteiger partial charge in [0.05, 0.1) is 0 Å². The molecule has 0 amide bonds. The smallest absolute Gasteiger partial charge is 0.251 e. The number of anilines is 1. The number of halogens is 3. The average Bonchev–Trinajstić information content (AvgIpc) is 2.71. The summed E-state index contributed by atoms with van der Waals surface area (Å²) < 4.78 is 39.1. The molecular weight excluding hydrogens is 273 g/mol. The summed E-state index contributed by atoms with van der Waals surface area (Å²) in [6, 6.07) is 4.35. The molecule has 2 aromatic heterocycles. The van der Waals surface area contributed by atoms with Crippen LogP contribution in [-0.2, 0) is 6.42 Å². The lowest BCUT2D eigenvalue weighted by Gasteiger charge is -2.14. The predicted molar refractivity (Wildman–Crippen MR) is 70.0 cm³/mol. The summed E-state index contributed by atoms with van der Waals surface area (Å²) in [4.78, 5) is 5.57. The van der Waals surface area contributed by atoms with Crippen LogP contribution in [0.4, 0.5) is 19.0 Å². The van der Waals surface area contributed by atoms with Crippen LogP contribution in [0.5, 0.6) is 0 Å². The third-order valence-corrected chi connectivity index (χ3v) is 3.60. The molecule has 0 saturated carbocycles. The number of nitrogens with one attached hydrogen (secondary N) is 1. The molecule has 0 aromatic carbocycles. The van der Waals surface area contributed by atoms with Gasteiger partial charge in [-0.2, -0.15) is 9.37 Å². The van der Waals surface area contributed by atoms with E-state index in [1.54, 1.807) is 11.3 Å². The molecule has 2 heterocycles. The number of nitrogens with zero attached hydrogens (tertiary/aromatic N) is 1. The number of thiophene rings is 1. The van der Waals surface area contributed by atoms with E-state index in [1.165, 1.54) is 4.88 Å². The van der Waals surface area contributed by atoms with E-state index in [4.69, 9.17) is 0 Å². The van der Waals surface area contributed by atoms with Crippen molar-refractivity contribution in [3.05, 3.63) is 45.5 Å². The van der Waals surface area contributed by atoms with Crippen molar-refractivity contribution in [2.75, 3.05) is 5.32 Å². The number of rotatable bonds is 4. The van der Waals surface area contributed by atoms with Crippen LogP contribution in [-0.4, -0.2) is 11.0 Å². The molecule has 0 aliphatic heterocycles. The largest absolute Gasteiger partial charge is 0.365 e. The number of pyridine rings is 1. The van der Waals surface area contributed by atoms with Crippen LogP contribution >= 0.6 is 11.3 Å². The van der Waals surface area contributed by atoms with Gasteiger partial charge in [-0.05, 0) is 26.0 Å². The summed E-state index contributed by atoms with van der Waals surface area (Å²) >= 11 is 1.65. The Bertz CT molecular complexity index is 583. The van der Waals surface area contributed by atoms with Crippen LogP contribution in [0.25, 0.3) is 0 Å². The van der Waals surface area contributed by atoms with Gasteiger partial charge >= 0.3 is 0 Å². The van der Waals surface area contributed by atoms with Crippen LogP contribution in [0.1, 0.15) is 16.7 Å². The van der Waals surface area contributed by atoms with Crippen molar-refractivity contribution in [2.24, 2.45) is 0 Å². The Morgan fingerprint density at radius 1 is 1.26 bits per heavy atom. The maximum absolute atomic E-state index is 13.4. The SMILES string of the molecule is Cc1ccc(CC(C)Nc2nc(F)c(F)cc2F)s1. The summed E-state index contributed by atoms with van der Waals surface area (Å²) in [7, 11) is 0. The molecule has 0 radical (unpaired) electrons. The predicted octanol–water partition coefficient (Wildman–Crippen LogP) is 3.91. The number of hydrogen-bond donors (Lipinski definition) is 1. The van der Waals surface area contributed by atoms with Crippen molar-refractivity contribution in [2.45, 2.75) is 26.3 Å². The summed E-state index contributed by atoms with van der Waals surface area (Å²) in [5, 5.41) is 2.75. The van der Waals surface area contributed by atoms with Crippen LogP contribution < -0.4 is 5.32 Å². The molecule has 0 spiro atoms. The van der Waals surface area contributed by atoms with E-state index in [-0.39, 0.29) is 11.9 Å². The van der Waals surface area contributed by atoms with Crippen molar-refractivity contribution >= 4 is 17.2 Å². The number of aromatic nitrogens is 1. The van der Waals surface area contributed by atoms with E-state index in [1.807, 2.05) is 26.0 Å². The minimum atomic E-state index is -1.30. The molecule has 1 N–H and O–H groups in total. The first-order valence-electron chi connectivity index (χ1n) is 5.79. The zero-order valence-electron chi connectivity index (χ0n) is 10.5. The van der Waals surface area contributed by atoms with Crippen LogP contribution in [0.3, 0.4) is 0 Å². The van der Waals surface area contributed by atoms with Gasteiger partial charge in [0.15, 0.2) is 17.5 Å². The maximum Gasteiger partial charge on any atom is 0.251 e. The highest BCUT2D eigenvalue weighted by Gasteiger charge is 2.14. The van der Waals surface area contributed by atoms with Crippen molar-refractivity contribution < 1.29 is 13.2 Å². The van der Waals surface area contributed by atoms with Gasteiger partial charge in [-0.15, -0.1) is 11.3 Å². The first-order valence-corrected chi connectivity index (χ1v) is 6.60. The van der Waals surface area contributed by atoms with Crippen molar-refractivity contribution in [3.8, 4) is 0 Å². The Morgan fingerprint density at radius 2 is 2.00 bits per heavy atom. The van der Waals surface area contributed by atoms with Gasteiger partial charge in [-0.1, -0.05) is 0 Å². The van der Waals surface area contributed by atoms with Gasteiger partial charge < -0.3 is 5.32 Å². The zero-order valence-corrected chi connectivity index (χ0v) is 11.3. The molecule has 0 saturated heterocycles. The molecule has 2 aromatic rings. The summed E-state index contributed by atoms with van der Waals surface area (Å²) in [5.41, 5.74) is 0. The Kier molecular flexibility index (Phi) is 4.09. The van der Waals surface area contributed by atoms with E-state index in [0.717, 1.165) is 4.88 Å². The summed E-state index contributed by atoms with van der Waals surface area (Å²) in [6.45, 7) is 3.83. The van der Waals surface area contributed by atoms with Crippen LogP contribution in [0.15, 0.2) is 18.2 Å². The molecule has 102 valence electrons. The fraction of sp³-hybridized carbons (Fsp3) is 0.308. The first-order chi connectivity index (χ1) is 8.95. The molecular formula is C13H13F3N2S. The number of hydrogen-bond acceptors (Lipinski definition) is 3. The monoisotopic (exact) mass is 286 g/mol. The summed E-state index contributed by atoms with van der Waals surface area (Å²) in [6.07, 6.45) is 0.665. The standard InChI is InChI=1S/C13H13F3N2S/c1-7(5-9-4-3-8(2)19-9)17-13-11(15)6-10(14)12(16)18-13/h3-4,6-7H,5H2,1-2H3,(H,17,18). The van der Waals surface area contributed by atoms with Gasteiger partial charge in [0.2, 0.25) is 0 Å². The van der Waals surface area contributed by atoms with Crippen molar-refractivity contribution in [1.29, 1.82) is 0 Å². The molecule has 0 fully saturated rings. The molecule has 2 rings (SSSR count). The van der Waals surface area contributed by atoms with E-state index in [2.05, 4.69) is 10.3 Å². The van der Waals surface area contributed by atoms with Gasteiger partial charge in [0, 0.05) is 28.3 Å². The van der Waals surface area contributed by atoms with Crippen molar-refractivity contribution in [1.82, 2.24) is 4.98 Å². The molecule has 0 aliphatic carbocycles. The van der Waals surface area contributed by atoms with E-state index >= 15 is 0 Å². The quantitative estimate of drug-likeness (QED) is 0.862. The normalized spacial score (nSPS) is 12.5. The molecule has 19 heavy (non-hydrogen) atoms. The van der Waals surface area contributed by atoms with E-state index in [0.29, 0.717) is 12.5 Å². The van der Waals surface area contributed by atoms with Crippen molar-refractivity contribution in [3.63, 3.8) is 0 Å². The Morgan fingerprint density at radius 3 is 2.63 bits per heavy atom. The topological polar surface area (TPSA) is 24.9 Å². The fourth-order valence-corrected chi connectivity index (χ4v) is 2.75. The van der Waals surface area contributed by atoms with E-state index < -0.39 is 17.6 Å².